The standard InChI is InChI=1S/C14H49BO18Si20/c1-25-48(12,34)53(28-42(2)23)50(51(39-20,40-21)27-36-17,33-49(37-18,38-19)26-35-16)31-46(10,29-43(3,4)5)14-47(11,30-44(6,7)8)32-52(53,41-22)45(9,24)13-15/h16-24H,13-14H2,1-12H3. The van der Waals surface area contributed by atoms with Crippen LogP contribution in [0.1, 0.15) is 0 Å². The smallest absolute Gasteiger partial charge is 0.420 e. The number of rotatable bonds is 22. The highest BCUT2D eigenvalue weighted by molar-refractivity contribution is 8.13. The zero-order valence-corrected chi connectivity index (χ0v) is 51.7. The van der Waals surface area contributed by atoms with Crippen LogP contribution in [0, 0.1) is 0 Å². The van der Waals surface area contributed by atoms with E-state index in [0.717, 1.165) is 0 Å². The lowest BCUT2D eigenvalue weighted by Gasteiger charge is -2.67. The van der Waals surface area contributed by atoms with Gasteiger partial charge in [-0.25, -0.2) is 0 Å². The maximum absolute atomic E-state index is 13.0. The van der Waals surface area contributed by atoms with Crippen LogP contribution in [0.5, 0.6) is 0 Å². The Balaban J connectivity index is 5.38. The van der Waals surface area contributed by atoms with E-state index in [1.807, 2.05) is 39.3 Å². The molecule has 0 spiro atoms. The first-order valence-electron chi connectivity index (χ1n) is 15.6. The molecule has 39 heteroatoms. The molecular weight excluding hydrogens is 1030 g/mol. The van der Waals surface area contributed by atoms with Crippen LogP contribution in [0.25, 0.3) is 0 Å². The molecule has 0 amide bonds. The molecule has 1 fully saturated rings. The Kier molecular flexibility index (Phi) is 20.9. The van der Waals surface area contributed by atoms with E-state index in [9.17, 15) is 43.2 Å². The van der Waals surface area contributed by atoms with E-state index in [-0.39, 0.29) is 5.67 Å². The average Bonchev–Trinajstić information content (AvgIpc) is 3.01. The maximum Gasteiger partial charge on any atom is 0.420 e. The topological polar surface area (TPSA) is 265 Å². The van der Waals surface area contributed by atoms with Crippen molar-refractivity contribution in [3.8, 4) is 0 Å². The van der Waals surface area contributed by atoms with Gasteiger partial charge in [-0.05, 0) is 72.0 Å². The molecule has 0 aromatic carbocycles. The van der Waals surface area contributed by atoms with Gasteiger partial charge >= 0.3 is 61.6 Å². The molecule has 0 aromatic heterocycles. The Morgan fingerprint density at radius 2 is 1.23 bits per heavy atom. The third-order valence-electron chi connectivity index (χ3n) is 7.82. The van der Waals surface area contributed by atoms with Crippen LogP contribution in [-0.4, -0.2) is 228 Å². The third-order valence-corrected chi connectivity index (χ3v) is 166. The monoisotopic (exact) mass is 1080 g/mol. The molecule has 18 nitrogen and oxygen atoms in total. The number of hydrogen-bond acceptors (Lipinski definition) is 18. The van der Waals surface area contributed by atoms with E-state index >= 15 is 0 Å². The quantitative estimate of drug-likeness (QED) is 0.0457. The fourth-order valence-electron chi connectivity index (χ4n) is 6.42. The SMILES string of the molecule is [B]C[Si](C)(O)[Si]1([Si]O)O[Si](C)(O[Si](C)(C)C)C[Si](C)(O[Si](C)(C)C)O[Si](O[Si](O[Si]O)([Si]O)[Si]O)([Si](O[Si]O)([Si]O)[Si]O)[Si]1(O[Si](C)O)[Si](C)([Si])OC. The second-order valence-corrected chi connectivity index (χ2v) is 107. The van der Waals surface area contributed by atoms with Crippen molar-refractivity contribution in [2.45, 2.75) is 83.6 Å². The Bertz CT molecular complexity index is 1170. The van der Waals surface area contributed by atoms with E-state index in [1.54, 1.807) is 19.6 Å². The van der Waals surface area contributed by atoms with Crippen LogP contribution in [0.3, 0.4) is 0 Å². The van der Waals surface area contributed by atoms with Gasteiger partial charge < -0.3 is 80.5 Å². The first-order chi connectivity index (χ1) is 24.0. The van der Waals surface area contributed by atoms with Crippen LogP contribution in [0.4, 0.5) is 0 Å². The summed E-state index contributed by atoms with van der Waals surface area (Å²) in [6.45, 7) is 5.01. The summed E-state index contributed by atoms with van der Waals surface area (Å²) >= 11 is 0. The predicted octanol–water partition coefficient (Wildman–Crippen LogP) is -6.12. The van der Waals surface area contributed by atoms with Crippen molar-refractivity contribution in [1.29, 1.82) is 0 Å². The molecule has 53 heavy (non-hydrogen) atoms. The van der Waals surface area contributed by atoms with Gasteiger partial charge in [0.2, 0.25) is 34.7 Å². The van der Waals surface area contributed by atoms with Gasteiger partial charge in [-0.2, -0.15) is 0 Å². The van der Waals surface area contributed by atoms with Crippen LogP contribution < -0.4 is 0 Å². The van der Waals surface area contributed by atoms with Gasteiger partial charge in [0, 0.05) is 22.5 Å². The second kappa shape index (κ2) is 20.2. The minimum Gasteiger partial charge on any atom is -0.437 e. The van der Waals surface area contributed by atoms with Gasteiger partial charge in [0.15, 0.2) is 31.8 Å². The van der Waals surface area contributed by atoms with Gasteiger partial charge in [0.25, 0.3) is 32.3 Å². The third kappa shape index (κ3) is 11.4. The van der Waals surface area contributed by atoms with Crippen LogP contribution in [0.2, 0.25) is 83.6 Å². The molecule has 9 N–H and O–H groups in total. The molecule has 7 atom stereocenters. The van der Waals surface area contributed by atoms with Crippen molar-refractivity contribution in [2.75, 3.05) is 7.11 Å². The second-order valence-electron chi connectivity index (χ2n) is 14.7. The summed E-state index contributed by atoms with van der Waals surface area (Å²) in [6.07, 6.45) is 0. The lowest BCUT2D eigenvalue weighted by atomic mass is 10.2. The molecule has 1 aliphatic rings. The first kappa shape index (κ1) is 54.7. The van der Waals surface area contributed by atoms with E-state index in [2.05, 4.69) is 9.76 Å². The Labute approximate surface area is 346 Å². The normalized spacial score (nSPS) is 31.9. The molecule has 0 bridgehead atoms. The Hall–Kier alpha value is 3.68. The minimum absolute atomic E-state index is 0.00358. The summed E-state index contributed by atoms with van der Waals surface area (Å²) in [6, 6.07) is 0. The van der Waals surface area contributed by atoms with Crippen molar-refractivity contribution >= 4 is 178 Å². The predicted molar refractivity (Wildman–Crippen MR) is 231 cm³/mol. The molecule has 1 saturated heterocycles. The fraction of sp³-hybridized carbons (Fsp3) is 1.00. The van der Waals surface area contributed by atoms with Crippen molar-refractivity contribution < 1.29 is 80.5 Å². The maximum atomic E-state index is 13.0. The Morgan fingerprint density at radius 1 is 0.774 bits per heavy atom. The van der Waals surface area contributed by atoms with Gasteiger partial charge in [-0.3, -0.25) is 0 Å². The van der Waals surface area contributed by atoms with Crippen LogP contribution in [-0.2, 0) is 37.3 Å². The molecule has 1 rings (SSSR count). The van der Waals surface area contributed by atoms with Crippen molar-refractivity contribution in [1.82, 2.24) is 0 Å². The van der Waals surface area contributed by atoms with Crippen molar-refractivity contribution in [3.05, 3.63) is 0 Å². The molecule has 0 aliphatic carbocycles. The molecule has 7 unspecified atom stereocenters. The van der Waals surface area contributed by atoms with Crippen LogP contribution in [0.15, 0.2) is 0 Å². The highest BCUT2D eigenvalue weighted by Gasteiger charge is 2.93. The molecule has 1 aliphatic heterocycles. The minimum atomic E-state index is -5.40. The van der Waals surface area contributed by atoms with E-state index < -0.39 is 166 Å². The van der Waals surface area contributed by atoms with E-state index in [1.165, 1.54) is 20.2 Å². The van der Waals surface area contributed by atoms with Crippen molar-refractivity contribution in [2.24, 2.45) is 0 Å². The zero-order valence-electron chi connectivity index (χ0n) is 31.7. The average molecular weight is 1080 g/mol. The molecule has 296 valence electrons. The largest absolute Gasteiger partial charge is 0.437 e. The summed E-state index contributed by atoms with van der Waals surface area (Å²) in [5.41, 5.74) is -0.00358. The van der Waals surface area contributed by atoms with E-state index in [0.29, 0.717) is 0 Å². The lowest BCUT2D eigenvalue weighted by Crippen LogP contribution is -3.07. The number of hydrogen-bond donors (Lipinski definition) is 9. The van der Waals surface area contributed by atoms with Gasteiger partial charge in [-0.15, -0.1) is 0 Å². The van der Waals surface area contributed by atoms with Gasteiger partial charge in [-0.1, -0.05) is 5.94 Å². The summed E-state index contributed by atoms with van der Waals surface area (Å²) in [5.74, 6) is -0.412. The molecular formula is C14H49BO18Si20. The zero-order chi connectivity index (χ0) is 41.8. The molecule has 0 aromatic rings. The van der Waals surface area contributed by atoms with Gasteiger partial charge in [0.05, 0.1) is 7.85 Å². The molecule has 1 heterocycles. The van der Waals surface area contributed by atoms with E-state index in [4.69, 9.17) is 45.2 Å². The lowest BCUT2D eigenvalue weighted by molar-refractivity contribution is 0.296. The fourth-order valence-corrected chi connectivity index (χ4v) is 274. The highest BCUT2D eigenvalue weighted by Crippen LogP contribution is 2.51. The highest BCUT2D eigenvalue weighted by atomic mass is 30.3. The van der Waals surface area contributed by atoms with Crippen LogP contribution >= 0.6 is 0 Å². The Morgan fingerprint density at radius 3 is 1.55 bits per heavy atom. The van der Waals surface area contributed by atoms with Crippen molar-refractivity contribution in [3.63, 3.8) is 0 Å². The molecule has 20 radical (unpaired) electrons. The van der Waals surface area contributed by atoms with Gasteiger partial charge in [0.1, 0.15) is 0 Å². The summed E-state index contributed by atoms with van der Waals surface area (Å²) < 4.78 is 61.8. The molecule has 0 saturated carbocycles. The summed E-state index contributed by atoms with van der Waals surface area (Å²) in [7, 11) is -32.1. The first-order valence-corrected chi connectivity index (χ1v) is 61.7. The summed E-state index contributed by atoms with van der Waals surface area (Å²) in [5, 5.41) is 0. The summed E-state index contributed by atoms with van der Waals surface area (Å²) in [4.78, 5) is 103.